The Hall–Kier alpha value is -1.99. The number of hydrogen-bond donors (Lipinski definition) is 0. The van der Waals surface area contributed by atoms with Crippen molar-refractivity contribution < 1.29 is 0 Å². The second kappa shape index (κ2) is 5.03. The number of rotatable bonds is 2. The highest BCUT2D eigenvalue weighted by molar-refractivity contribution is 7.99. The van der Waals surface area contributed by atoms with Crippen molar-refractivity contribution in [2.75, 3.05) is 0 Å². The lowest BCUT2D eigenvalue weighted by atomic mass is 9.82. The quantitative estimate of drug-likeness (QED) is 0.547. The van der Waals surface area contributed by atoms with Gasteiger partial charge in [-0.1, -0.05) is 74.1 Å². The molecule has 0 N–H and O–H groups in total. The Balaban J connectivity index is 1.79. The minimum absolute atomic E-state index is 0.0825. The molecule has 0 radical (unpaired) electrons. The summed E-state index contributed by atoms with van der Waals surface area (Å²) in [5.41, 5.74) is 5.73. The third-order valence-corrected chi connectivity index (χ3v) is 5.53. The topological polar surface area (TPSA) is 0 Å². The zero-order chi connectivity index (χ0) is 15.2. The van der Waals surface area contributed by atoms with Crippen molar-refractivity contribution in [3.05, 3.63) is 83.9 Å². The lowest BCUT2D eigenvalue weighted by Crippen LogP contribution is -2.14. The maximum Gasteiger partial charge on any atom is 0.0159 e. The van der Waals surface area contributed by atoms with Crippen LogP contribution < -0.4 is 0 Å². The summed E-state index contributed by atoms with van der Waals surface area (Å²) in [7, 11) is 0. The standard InChI is InChI=1S/C21H18S/c1-21(2)19-11-7-6-10-17(19)18-13-12-16(14-20(18)21)22-15-8-4-3-5-9-15/h3-14H,1-2H3. The van der Waals surface area contributed by atoms with E-state index >= 15 is 0 Å². The molecular formula is C21H18S. The third kappa shape index (κ3) is 2.08. The van der Waals surface area contributed by atoms with Crippen LogP contribution in [0.25, 0.3) is 11.1 Å². The molecular weight excluding hydrogens is 284 g/mol. The molecule has 0 amide bonds. The highest BCUT2D eigenvalue weighted by atomic mass is 32.2. The van der Waals surface area contributed by atoms with Gasteiger partial charge in [-0.3, -0.25) is 0 Å². The van der Waals surface area contributed by atoms with Crippen LogP contribution in [0.4, 0.5) is 0 Å². The molecule has 0 unspecified atom stereocenters. The first-order valence-electron chi connectivity index (χ1n) is 7.63. The van der Waals surface area contributed by atoms with Gasteiger partial charge in [0.05, 0.1) is 0 Å². The molecule has 0 aromatic heterocycles. The Labute approximate surface area is 136 Å². The molecule has 0 saturated heterocycles. The molecule has 0 bridgehead atoms. The summed E-state index contributed by atoms with van der Waals surface area (Å²) in [4.78, 5) is 2.60. The minimum Gasteiger partial charge on any atom is -0.0901 e. The average molecular weight is 302 g/mol. The molecule has 0 nitrogen and oxygen atoms in total. The first kappa shape index (κ1) is 13.7. The van der Waals surface area contributed by atoms with Crippen molar-refractivity contribution in [3.8, 4) is 11.1 Å². The summed E-state index contributed by atoms with van der Waals surface area (Å²) in [6.45, 7) is 4.66. The normalized spacial score (nSPS) is 14.5. The zero-order valence-electron chi connectivity index (χ0n) is 12.8. The molecule has 1 heteroatoms. The fourth-order valence-electron chi connectivity index (χ4n) is 3.37. The van der Waals surface area contributed by atoms with Gasteiger partial charge < -0.3 is 0 Å². The van der Waals surface area contributed by atoms with E-state index in [2.05, 4.69) is 86.6 Å². The largest absolute Gasteiger partial charge is 0.0901 e. The van der Waals surface area contributed by atoms with Crippen LogP contribution in [0.2, 0.25) is 0 Å². The van der Waals surface area contributed by atoms with Gasteiger partial charge in [0.15, 0.2) is 0 Å². The SMILES string of the molecule is CC1(C)c2ccccc2-c2ccc(Sc3ccccc3)cc21. The van der Waals surface area contributed by atoms with Crippen LogP contribution >= 0.6 is 11.8 Å². The second-order valence-electron chi connectivity index (χ2n) is 6.29. The van der Waals surface area contributed by atoms with Crippen LogP contribution in [0.3, 0.4) is 0 Å². The predicted molar refractivity (Wildman–Crippen MR) is 94.6 cm³/mol. The Kier molecular flexibility index (Phi) is 3.12. The Bertz CT molecular complexity index is 832. The van der Waals surface area contributed by atoms with Gasteiger partial charge in [-0.2, -0.15) is 0 Å². The molecule has 3 aromatic carbocycles. The van der Waals surface area contributed by atoms with Gasteiger partial charge >= 0.3 is 0 Å². The van der Waals surface area contributed by atoms with Crippen LogP contribution in [-0.4, -0.2) is 0 Å². The molecule has 0 aliphatic heterocycles. The molecule has 4 rings (SSSR count). The highest BCUT2D eigenvalue weighted by Gasteiger charge is 2.35. The number of hydrogen-bond acceptors (Lipinski definition) is 1. The fraction of sp³-hybridized carbons (Fsp3) is 0.143. The molecule has 0 fully saturated rings. The van der Waals surface area contributed by atoms with Crippen LogP contribution in [0.1, 0.15) is 25.0 Å². The predicted octanol–water partition coefficient (Wildman–Crippen LogP) is 6.14. The highest BCUT2D eigenvalue weighted by Crippen LogP contribution is 2.49. The maximum absolute atomic E-state index is 2.37. The fourth-order valence-corrected chi connectivity index (χ4v) is 4.25. The van der Waals surface area contributed by atoms with Crippen molar-refractivity contribution in [1.29, 1.82) is 0 Å². The van der Waals surface area contributed by atoms with Crippen molar-refractivity contribution in [3.63, 3.8) is 0 Å². The van der Waals surface area contributed by atoms with E-state index in [1.807, 2.05) is 11.8 Å². The molecule has 3 aromatic rings. The van der Waals surface area contributed by atoms with E-state index in [1.54, 1.807) is 0 Å². The molecule has 0 saturated carbocycles. The van der Waals surface area contributed by atoms with Gasteiger partial charge in [-0.25, -0.2) is 0 Å². The number of benzene rings is 3. The van der Waals surface area contributed by atoms with E-state index in [-0.39, 0.29) is 5.41 Å². The summed E-state index contributed by atoms with van der Waals surface area (Å²) in [5.74, 6) is 0. The Morgan fingerprint density at radius 3 is 2.14 bits per heavy atom. The molecule has 22 heavy (non-hydrogen) atoms. The molecule has 0 heterocycles. The smallest absolute Gasteiger partial charge is 0.0159 e. The van der Waals surface area contributed by atoms with Crippen LogP contribution in [0.15, 0.2) is 82.6 Å². The van der Waals surface area contributed by atoms with E-state index in [9.17, 15) is 0 Å². The zero-order valence-corrected chi connectivity index (χ0v) is 13.7. The van der Waals surface area contributed by atoms with E-state index in [1.165, 1.54) is 32.0 Å². The van der Waals surface area contributed by atoms with Gasteiger partial charge in [0.1, 0.15) is 0 Å². The Morgan fingerprint density at radius 1 is 0.636 bits per heavy atom. The van der Waals surface area contributed by atoms with E-state index in [0.717, 1.165) is 0 Å². The van der Waals surface area contributed by atoms with Crippen molar-refractivity contribution in [2.24, 2.45) is 0 Å². The molecule has 0 atom stereocenters. The maximum atomic E-state index is 2.37. The molecule has 1 aliphatic carbocycles. The van der Waals surface area contributed by atoms with Crippen molar-refractivity contribution in [1.82, 2.24) is 0 Å². The lowest BCUT2D eigenvalue weighted by molar-refractivity contribution is 0.658. The van der Waals surface area contributed by atoms with Crippen LogP contribution in [-0.2, 0) is 5.41 Å². The van der Waals surface area contributed by atoms with E-state index < -0.39 is 0 Å². The van der Waals surface area contributed by atoms with Gasteiger partial charge in [0.2, 0.25) is 0 Å². The van der Waals surface area contributed by atoms with Gasteiger partial charge in [0.25, 0.3) is 0 Å². The summed E-state index contributed by atoms with van der Waals surface area (Å²) in [6, 6.07) is 26.3. The summed E-state index contributed by atoms with van der Waals surface area (Å²) < 4.78 is 0. The first-order chi connectivity index (χ1) is 10.7. The van der Waals surface area contributed by atoms with Crippen LogP contribution in [0, 0.1) is 0 Å². The molecule has 0 spiro atoms. The minimum atomic E-state index is 0.0825. The monoisotopic (exact) mass is 302 g/mol. The second-order valence-corrected chi connectivity index (χ2v) is 7.44. The van der Waals surface area contributed by atoms with Crippen molar-refractivity contribution in [2.45, 2.75) is 29.1 Å². The van der Waals surface area contributed by atoms with Gasteiger partial charge in [0, 0.05) is 15.2 Å². The summed E-state index contributed by atoms with van der Waals surface area (Å²) in [5, 5.41) is 0. The van der Waals surface area contributed by atoms with E-state index in [0.29, 0.717) is 0 Å². The van der Waals surface area contributed by atoms with Crippen LogP contribution in [0.5, 0.6) is 0 Å². The first-order valence-corrected chi connectivity index (χ1v) is 8.45. The molecule has 1 aliphatic rings. The van der Waals surface area contributed by atoms with E-state index in [4.69, 9.17) is 0 Å². The third-order valence-electron chi connectivity index (χ3n) is 4.53. The average Bonchev–Trinajstić information content (AvgIpc) is 2.77. The summed E-state index contributed by atoms with van der Waals surface area (Å²) in [6.07, 6.45) is 0. The van der Waals surface area contributed by atoms with Gasteiger partial charge in [-0.05, 0) is 46.5 Å². The Morgan fingerprint density at radius 2 is 1.32 bits per heavy atom. The van der Waals surface area contributed by atoms with Crippen molar-refractivity contribution >= 4 is 11.8 Å². The summed E-state index contributed by atoms with van der Waals surface area (Å²) >= 11 is 1.83. The number of fused-ring (bicyclic) bond motifs is 3. The van der Waals surface area contributed by atoms with Gasteiger partial charge in [-0.15, -0.1) is 0 Å². The lowest BCUT2D eigenvalue weighted by Gasteiger charge is -2.21. The molecule has 108 valence electrons.